The Hall–Kier alpha value is -1.50. The van der Waals surface area contributed by atoms with Gasteiger partial charge in [-0.05, 0) is 67.3 Å². The van der Waals surface area contributed by atoms with E-state index in [1.54, 1.807) is 7.05 Å². The SMILES string of the molecule is CN=C(NCCCN1CCCCC1C)NCC(C)(C)NC(=O)OC(C)(C)C. The molecule has 7 heteroatoms. The summed E-state index contributed by atoms with van der Waals surface area (Å²) in [6, 6.07) is 0.705. The summed E-state index contributed by atoms with van der Waals surface area (Å²) < 4.78 is 5.32. The van der Waals surface area contributed by atoms with Crippen molar-refractivity contribution in [2.24, 2.45) is 4.99 Å². The molecule has 1 heterocycles. The van der Waals surface area contributed by atoms with Gasteiger partial charge in [0.05, 0.1) is 5.54 Å². The van der Waals surface area contributed by atoms with Crippen LogP contribution in [-0.2, 0) is 4.74 Å². The standard InChI is InChI=1S/C20H41N5O2/c1-16-11-8-9-13-25(16)14-10-12-22-17(21-7)23-15-20(5,6)24-18(26)27-19(2,3)4/h16H,8-15H2,1-7H3,(H,24,26)(H2,21,22,23). The first kappa shape index (κ1) is 23.5. The number of rotatable bonds is 7. The van der Waals surface area contributed by atoms with Crippen LogP contribution in [0.5, 0.6) is 0 Å². The van der Waals surface area contributed by atoms with Crippen LogP contribution >= 0.6 is 0 Å². The van der Waals surface area contributed by atoms with Gasteiger partial charge in [0, 0.05) is 32.7 Å². The molecule has 1 saturated heterocycles. The number of piperidine rings is 1. The summed E-state index contributed by atoms with van der Waals surface area (Å²) in [7, 11) is 1.76. The first-order chi connectivity index (χ1) is 12.5. The lowest BCUT2D eigenvalue weighted by Crippen LogP contribution is -2.54. The van der Waals surface area contributed by atoms with E-state index in [1.807, 2.05) is 34.6 Å². The molecule has 1 amide bonds. The van der Waals surface area contributed by atoms with Crippen LogP contribution in [0.2, 0.25) is 0 Å². The van der Waals surface area contributed by atoms with Gasteiger partial charge in [0.2, 0.25) is 0 Å². The molecule has 7 nitrogen and oxygen atoms in total. The molecule has 3 N–H and O–H groups in total. The second kappa shape index (κ2) is 10.7. The monoisotopic (exact) mass is 383 g/mol. The summed E-state index contributed by atoms with van der Waals surface area (Å²) in [5.74, 6) is 0.751. The van der Waals surface area contributed by atoms with E-state index in [0.717, 1.165) is 25.5 Å². The number of hydrogen-bond acceptors (Lipinski definition) is 4. The first-order valence-corrected chi connectivity index (χ1v) is 10.2. The van der Waals surface area contributed by atoms with E-state index in [4.69, 9.17) is 4.74 Å². The predicted octanol–water partition coefficient (Wildman–Crippen LogP) is 2.72. The third kappa shape index (κ3) is 10.4. The second-order valence-corrected chi connectivity index (χ2v) is 9.10. The van der Waals surface area contributed by atoms with Crippen molar-refractivity contribution in [2.45, 2.75) is 84.4 Å². The molecule has 1 unspecified atom stereocenters. The molecule has 0 aliphatic carbocycles. The molecule has 0 aromatic rings. The molecule has 1 rings (SSSR count). The third-order valence-corrected chi connectivity index (χ3v) is 4.62. The zero-order valence-electron chi connectivity index (χ0n) is 18.4. The summed E-state index contributed by atoms with van der Waals surface area (Å²) >= 11 is 0. The third-order valence-electron chi connectivity index (χ3n) is 4.62. The van der Waals surface area contributed by atoms with E-state index in [0.29, 0.717) is 12.6 Å². The zero-order valence-corrected chi connectivity index (χ0v) is 18.4. The highest BCUT2D eigenvalue weighted by Crippen LogP contribution is 2.16. The van der Waals surface area contributed by atoms with Crippen molar-refractivity contribution in [1.82, 2.24) is 20.9 Å². The number of amides is 1. The maximum Gasteiger partial charge on any atom is 0.408 e. The predicted molar refractivity (Wildman–Crippen MR) is 112 cm³/mol. The zero-order chi connectivity index (χ0) is 20.5. The number of likely N-dealkylation sites (tertiary alicyclic amines) is 1. The minimum atomic E-state index is -0.503. The first-order valence-electron chi connectivity index (χ1n) is 10.2. The smallest absolute Gasteiger partial charge is 0.408 e. The Kier molecular flexibility index (Phi) is 9.36. The Morgan fingerprint density at radius 3 is 2.48 bits per heavy atom. The fourth-order valence-corrected chi connectivity index (χ4v) is 3.13. The van der Waals surface area contributed by atoms with Gasteiger partial charge in [-0.2, -0.15) is 0 Å². The molecule has 27 heavy (non-hydrogen) atoms. The lowest BCUT2D eigenvalue weighted by atomic mass is 10.0. The van der Waals surface area contributed by atoms with E-state index >= 15 is 0 Å². The van der Waals surface area contributed by atoms with Gasteiger partial charge in [0.15, 0.2) is 5.96 Å². The lowest BCUT2D eigenvalue weighted by molar-refractivity contribution is 0.0474. The summed E-state index contributed by atoms with van der Waals surface area (Å²) in [4.78, 5) is 18.8. The van der Waals surface area contributed by atoms with Gasteiger partial charge in [-0.1, -0.05) is 6.42 Å². The molecule has 1 aliphatic rings. The molecule has 0 saturated carbocycles. The van der Waals surface area contributed by atoms with Crippen LogP contribution in [0.25, 0.3) is 0 Å². The molecule has 1 atom stereocenters. The van der Waals surface area contributed by atoms with Crippen molar-refractivity contribution < 1.29 is 9.53 Å². The van der Waals surface area contributed by atoms with Gasteiger partial charge in [-0.25, -0.2) is 4.79 Å². The van der Waals surface area contributed by atoms with Gasteiger partial charge < -0.3 is 25.6 Å². The van der Waals surface area contributed by atoms with Crippen molar-refractivity contribution in [2.75, 3.05) is 33.2 Å². The average Bonchev–Trinajstić information content (AvgIpc) is 2.53. The number of carbonyl (C=O) groups excluding carboxylic acids is 1. The van der Waals surface area contributed by atoms with E-state index in [9.17, 15) is 4.79 Å². The molecular weight excluding hydrogens is 342 g/mol. The molecule has 0 aromatic heterocycles. The number of carbonyl (C=O) groups is 1. The number of alkyl carbamates (subject to hydrolysis) is 1. The van der Waals surface area contributed by atoms with E-state index in [1.165, 1.54) is 25.8 Å². The maximum atomic E-state index is 12.0. The highest BCUT2D eigenvalue weighted by molar-refractivity contribution is 5.79. The van der Waals surface area contributed by atoms with Crippen LogP contribution < -0.4 is 16.0 Å². The second-order valence-electron chi connectivity index (χ2n) is 9.10. The molecule has 1 fully saturated rings. The summed E-state index contributed by atoms with van der Waals surface area (Å²) in [5.41, 5.74) is -0.958. The quantitative estimate of drug-likeness (QED) is 0.358. The minimum absolute atomic E-state index is 0.409. The lowest BCUT2D eigenvalue weighted by Gasteiger charge is -2.33. The van der Waals surface area contributed by atoms with Crippen LogP contribution in [0.15, 0.2) is 4.99 Å². The van der Waals surface area contributed by atoms with Crippen molar-refractivity contribution in [1.29, 1.82) is 0 Å². The topological polar surface area (TPSA) is 78.0 Å². The van der Waals surface area contributed by atoms with E-state index in [-0.39, 0.29) is 0 Å². The Morgan fingerprint density at radius 2 is 1.89 bits per heavy atom. The Balaban J connectivity index is 2.29. The van der Waals surface area contributed by atoms with Crippen LogP contribution in [-0.4, -0.2) is 67.4 Å². The van der Waals surface area contributed by atoms with Crippen LogP contribution in [0, 0.1) is 0 Å². The van der Waals surface area contributed by atoms with Crippen molar-refractivity contribution in [3.63, 3.8) is 0 Å². The molecule has 0 radical (unpaired) electrons. The van der Waals surface area contributed by atoms with E-state index < -0.39 is 17.2 Å². The average molecular weight is 384 g/mol. The van der Waals surface area contributed by atoms with Crippen molar-refractivity contribution in [3.05, 3.63) is 0 Å². The van der Waals surface area contributed by atoms with E-state index in [2.05, 4.69) is 32.8 Å². The fraction of sp³-hybridized carbons (Fsp3) is 0.900. The normalized spacial score (nSPS) is 19.5. The highest BCUT2D eigenvalue weighted by Gasteiger charge is 2.24. The molecule has 0 bridgehead atoms. The fourth-order valence-electron chi connectivity index (χ4n) is 3.13. The van der Waals surface area contributed by atoms with Crippen molar-refractivity contribution in [3.8, 4) is 0 Å². The minimum Gasteiger partial charge on any atom is -0.444 e. The van der Waals surface area contributed by atoms with Gasteiger partial charge in [-0.15, -0.1) is 0 Å². The molecule has 1 aliphatic heterocycles. The molecule has 0 aromatic carbocycles. The van der Waals surface area contributed by atoms with Gasteiger partial charge in [-0.3, -0.25) is 4.99 Å². The van der Waals surface area contributed by atoms with Crippen molar-refractivity contribution >= 4 is 12.1 Å². The number of hydrogen-bond donors (Lipinski definition) is 3. The summed E-state index contributed by atoms with van der Waals surface area (Å²) in [6.45, 7) is 15.6. The number of aliphatic imine (C=N–C) groups is 1. The van der Waals surface area contributed by atoms with Crippen LogP contribution in [0.3, 0.4) is 0 Å². The van der Waals surface area contributed by atoms with Gasteiger partial charge in [0.25, 0.3) is 0 Å². The number of nitrogens with zero attached hydrogens (tertiary/aromatic N) is 2. The molecule has 158 valence electrons. The van der Waals surface area contributed by atoms with Crippen LogP contribution in [0.1, 0.15) is 67.2 Å². The Labute approximate surface area is 165 Å². The van der Waals surface area contributed by atoms with Gasteiger partial charge in [0.1, 0.15) is 5.60 Å². The van der Waals surface area contributed by atoms with Gasteiger partial charge >= 0.3 is 6.09 Å². The number of ether oxygens (including phenoxy) is 1. The summed E-state index contributed by atoms with van der Waals surface area (Å²) in [6.07, 6.45) is 4.68. The highest BCUT2D eigenvalue weighted by atomic mass is 16.6. The Bertz CT molecular complexity index is 485. The molecular formula is C20H41N5O2. The Morgan fingerprint density at radius 1 is 1.19 bits per heavy atom. The molecule has 0 spiro atoms. The largest absolute Gasteiger partial charge is 0.444 e. The maximum absolute atomic E-state index is 12.0. The van der Waals surface area contributed by atoms with Crippen LogP contribution in [0.4, 0.5) is 4.79 Å². The number of guanidine groups is 1. The number of nitrogens with one attached hydrogen (secondary N) is 3. The summed E-state index contributed by atoms with van der Waals surface area (Å²) in [5, 5.41) is 9.53.